The third kappa shape index (κ3) is 4.20. The predicted molar refractivity (Wildman–Crippen MR) is 128 cm³/mol. The third-order valence-corrected chi connectivity index (χ3v) is 8.11. The number of fused-ring (bicyclic) bond motifs is 2. The minimum absolute atomic E-state index is 0.675. The Labute approximate surface area is 184 Å². The van der Waals surface area contributed by atoms with E-state index in [9.17, 15) is 0 Å². The van der Waals surface area contributed by atoms with Gasteiger partial charge in [0, 0.05) is 38.9 Å². The predicted octanol–water partition coefficient (Wildman–Crippen LogP) is 6.91. The van der Waals surface area contributed by atoms with Crippen molar-refractivity contribution in [1.29, 1.82) is 0 Å². The minimum atomic E-state index is 0.675. The molecule has 0 amide bonds. The summed E-state index contributed by atoms with van der Waals surface area (Å²) in [6.45, 7) is 3.37. The number of nitrogens with zero attached hydrogens (tertiary/aromatic N) is 2. The number of pyridine rings is 1. The number of hydrogen-bond donors (Lipinski definition) is 0. The second kappa shape index (κ2) is 8.47. The number of hydrogen-bond acceptors (Lipinski definition) is 3. The average Bonchev–Trinajstić information content (AvgIpc) is 2.76. The summed E-state index contributed by atoms with van der Waals surface area (Å²) in [6.07, 6.45) is 6.27. The van der Waals surface area contributed by atoms with Gasteiger partial charge < -0.3 is 0 Å². The van der Waals surface area contributed by atoms with Crippen LogP contribution in [0.2, 0.25) is 0 Å². The van der Waals surface area contributed by atoms with Gasteiger partial charge in [0.2, 0.25) is 0 Å². The lowest BCUT2D eigenvalue weighted by Gasteiger charge is -2.32. The summed E-state index contributed by atoms with van der Waals surface area (Å²) in [5, 5.41) is 5.86. The van der Waals surface area contributed by atoms with Gasteiger partial charge in [-0.3, -0.25) is 9.88 Å². The molecular weight excluding hydrogens is 440 g/mol. The van der Waals surface area contributed by atoms with Crippen LogP contribution in [0.5, 0.6) is 0 Å². The molecule has 4 heteroatoms. The van der Waals surface area contributed by atoms with Gasteiger partial charge in [0.15, 0.2) is 0 Å². The number of aromatic nitrogens is 1. The molecule has 0 N–H and O–H groups in total. The van der Waals surface area contributed by atoms with E-state index in [-0.39, 0.29) is 0 Å². The minimum Gasteiger partial charge on any atom is -0.299 e. The topological polar surface area (TPSA) is 16.1 Å². The first-order valence-corrected chi connectivity index (χ1v) is 11.8. The van der Waals surface area contributed by atoms with Crippen molar-refractivity contribution < 1.29 is 0 Å². The molecule has 1 aromatic heterocycles. The van der Waals surface area contributed by atoms with E-state index in [1.165, 1.54) is 49.3 Å². The molecule has 146 valence electrons. The molecule has 1 fully saturated rings. The van der Waals surface area contributed by atoms with E-state index in [1.54, 1.807) is 0 Å². The SMILES string of the molecule is Brc1cc2cnccc2cc1SC1CCN(Cc2cccc3ccccc23)CC1. The Morgan fingerprint density at radius 1 is 0.931 bits per heavy atom. The van der Waals surface area contributed by atoms with Crippen LogP contribution in [0.25, 0.3) is 21.5 Å². The van der Waals surface area contributed by atoms with E-state index in [0.29, 0.717) is 5.25 Å². The molecule has 0 aliphatic carbocycles. The molecule has 2 heterocycles. The fraction of sp³-hybridized carbons (Fsp3) is 0.240. The van der Waals surface area contributed by atoms with Crippen LogP contribution < -0.4 is 0 Å². The Balaban J connectivity index is 1.24. The van der Waals surface area contributed by atoms with E-state index in [0.717, 1.165) is 19.6 Å². The Morgan fingerprint density at radius 2 is 1.76 bits per heavy atom. The van der Waals surface area contributed by atoms with E-state index >= 15 is 0 Å². The molecule has 0 unspecified atom stereocenters. The molecule has 4 aromatic rings. The summed E-state index contributed by atoms with van der Waals surface area (Å²) >= 11 is 5.79. The van der Waals surface area contributed by atoms with Crippen LogP contribution in [0.1, 0.15) is 18.4 Å². The van der Waals surface area contributed by atoms with E-state index in [2.05, 4.69) is 86.5 Å². The maximum atomic E-state index is 4.23. The number of rotatable bonds is 4. The van der Waals surface area contributed by atoms with Gasteiger partial charge in [-0.05, 0) is 81.8 Å². The zero-order valence-electron chi connectivity index (χ0n) is 16.2. The molecule has 3 aromatic carbocycles. The van der Waals surface area contributed by atoms with Gasteiger partial charge in [-0.25, -0.2) is 0 Å². The highest BCUT2D eigenvalue weighted by atomic mass is 79.9. The third-order valence-electron chi connectivity index (χ3n) is 5.79. The van der Waals surface area contributed by atoms with Crippen LogP contribution in [-0.4, -0.2) is 28.2 Å². The van der Waals surface area contributed by atoms with Gasteiger partial charge in [-0.1, -0.05) is 42.5 Å². The largest absolute Gasteiger partial charge is 0.299 e. The molecule has 1 saturated heterocycles. The molecule has 29 heavy (non-hydrogen) atoms. The number of benzene rings is 3. The van der Waals surface area contributed by atoms with Crippen molar-refractivity contribution in [2.24, 2.45) is 0 Å². The van der Waals surface area contributed by atoms with Crippen molar-refractivity contribution in [1.82, 2.24) is 9.88 Å². The van der Waals surface area contributed by atoms with Gasteiger partial charge >= 0.3 is 0 Å². The van der Waals surface area contributed by atoms with Crippen molar-refractivity contribution in [2.75, 3.05) is 13.1 Å². The van der Waals surface area contributed by atoms with Crippen molar-refractivity contribution in [3.63, 3.8) is 0 Å². The maximum Gasteiger partial charge on any atom is 0.0346 e. The summed E-state index contributed by atoms with van der Waals surface area (Å²) in [5.41, 5.74) is 1.44. The van der Waals surface area contributed by atoms with Gasteiger partial charge in [0.05, 0.1) is 0 Å². The van der Waals surface area contributed by atoms with Gasteiger partial charge in [-0.15, -0.1) is 11.8 Å². The molecule has 0 atom stereocenters. The van der Waals surface area contributed by atoms with Gasteiger partial charge in [0.25, 0.3) is 0 Å². The smallest absolute Gasteiger partial charge is 0.0346 e. The molecule has 1 aliphatic rings. The molecule has 0 radical (unpaired) electrons. The highest BCUT2D eigenvalue weighted by Crippen LogP contribution is 2.37. The van der Waals surface area contributed by atoms with Crippen LogP contribution in [-0.2, 0) is 6.54 Å². The first kappa shape index (κ1) is 19.1. The molecule has 0 spiro atoms. The Bertz CT molecular complexity index is 1150. The summed E-state index contributed by atoms with van der Waals surface area (Å²) in [6, 6.07) is 22.0. The van der Waals surface area contributed by atoms with Crippen molar-refractivity contribution in [2.45, 2.75) is 29.5 Å². The lowest BCUT2D eigenvalue weighted by atomic mass is 10.0. The number of piperidine rings is 1. The molecule has 0 saturated carbocycles. The maximum absolute atomic E-state index is 4.23. The summed E-state index contributed by atoms with van der Waals surface area (Å²) in [7, 11) is 0. The van der Waals surface area contributed by atoms with E-state index in [4.69, 9.17) is 0 Å². The zero-order chi connectivity index (χ0) is 19.6. The lowest BCUT2D eigenvalue weighted by Crippen LogP contribution is -2.34. The number of halogens is 1. The van der Waals surface area contributed by atoms with Gasteiger partial charge in [-0.2, -0.15) is 0 Å². The fourth-order valence-electron chi connectivity index (χ4n) is 4.21. The Hall–Kier alpha value is -1.88. The van der Waals surface area contributed by atoms with Crippen molar-refractivity contribution in [3.05, 3.63) is 83.1 Å². The molecular formula is C25H23BrN2S. The van der Waals surface area contributed by atoms with Crippen molar-refractivity contribution >= 4 is 49.2 Å². The zero-order valence-corrected chi connectivity index (χ0v) is 18.6. The monoisotopic (exact) mass is 462 g/mol. The highest BCUT2D eigenvalue weighted by molar-refractivity contribution is 9.10. The summed E-state index contributed by atoms with van der Waals surface area (Å²) < 4.78 is 1.18. The first-order chi connectivity index (χ1) is 14.3. The highest BCUT2D eigenvalue weighted by Gasteiger charge is 2.21. The van der Waals surface area contributed by atoms with E-state index < -0.39 is 0 Å². The van der Waals surface area contributed by atoms with Crippen LogP contribution in [0.15, 0.2) is 82.4 Å². The quantitative estimate of drug-likeness (QED) is 0.327. The van der Waals surface area contributed by atoms with Gasteiger partial charge in [0.1, 0.15) is 0 Å². The molecule has 5 rings (SSSR count). The molecule has 1 aliphatic heterocycles. The van der Waals surface area contributed by atoms with Crippen LogP contribution in [0, 0.1) is 0 Å². The fourth-order valence-corrected chi connectivity index (χ4v) is 6.03. The summed E-state index contributed by atoms with van der Waals surface area (Å²) in [4.78, 5) is 8.18. The van der Waals surface area contributed by atoms with E-state index in [1.807, 2.05) is 24.2 Å². The van der Waals surface area contributed by atoms with Crippen molar-refractivity contribution in [3.8, 4) is 0 Å². The standard InChI is InChI=1S/C25H23BrN2S/c26-24-14-21-16-27-11-8-19(21)15-25(24)29-22-9-12-28(13-10-22)17-20-6-3-5-18-4-1-2-7-23(18)20/h1-8,11,14-16,22H,9-10,12-13,17H2. The normalized spacial score (nSPS) is 15.9. The Kier molecular flexibility index (Phi) is 5.58. The second-order valence-electron chi connectivity index (χ2n) is 7.74. The number of likely N-dealkylation sites (tertiary alicyclic amines) is 1. The number of thioether (sulfide) groups is 1. The van der Waals surface area contributed by atoms with Crippen LogP contribution in [0.4, 0.5) is 0 Å². The lowest BCUT2D eigenvalue weighted by molar-refractivity contribution is 0.225. The molecule has 2 nitrogen and oxygen atoms in total. The Morgan fingerprint density at radius 3 is 2.66 bits per heavy atom. The van der Waals surface area contributed by atoms with Crippen LogP contribution in [0.3, 0.4) is 0 Å². The average molecular weight is 463 g/mol. The molecule has 0 bridgehead atoms. The summed E-state index contributed by atoms with van der Waals surface area (Å²) in [5.74, 6) is 0. The van der Waals surface area contributed by atoms with Crippen LogP contribution >= 0.6 is 27.7 Å². The first-order valence-electron chi connectivity index (χ1n) is 10.2. The second-order valence-corrected chi connectivity index (χ2v) is 9.93.